The van der Waals surface area contributed by atoms with Crippen molar-refractivity contribution in [2.75, 3.05) is 22.5 Å². The van der Waals surface area contributed by atoms with E-state index >= 15 is 0 Å². The van der Waals surface area contributed by atoms with Gasteiger partial charge in [-0.15, -0.1) is 0 Å². The highest BCUT2D eigenvalue weighted by Crippen LogP contribution is 2.27. The Labute approximate surface area is 149 Å². The van der Waals surface area contributed by atoms with Gasteiger partial charge in [0.15, 0.2) is 0 Å². The van der Waals surface area contributed by atoms with Crippen LogP contribution in [0.5, 0.6) is 0 Å². The van der Waals surface area contributed by atoms with Crippen molar-refractivity contribution in [3.8, 4) is 0 Å². The van der Waals surface area contributed by atoms with Crippen LogP contribution in [-0.2, 0) is 14.8 Å². The summed E-state index contributed by atoms with van der Waals surface area (Å²) in [6.45, 7) is 5.35. The summed E-state index contributed by atoms with van der Waals surface area (Å²) in [5, 5.41) is 0. The third-order valence-corrected chi connectivity index (χ3v) is 5.37. The van der Waals surface area contributed by atoms with Gasteiger partial charge in [-0.05, 0) is 50.1 Å². The number of anilines is 2. The molecule has 2 aromatic carbocycles. The predicted octanol–water partition coefficient (Wildman–Crippen LogP) is 3.12. The molecule has 2 aromatic rings. The third-order valence-electron chi connectivity index (χ3n) is 4.14. The Balaban J connectivity index is 2.45. The molecule has 2 rings (SSSR count). The summed E-state index contributed by atoms with van der Waals surface area (Å²) >= 11 is 0. The zero-order chi connectivity index (χ0) is 18.8. The number of sulfonamides is 1. The maximum absolute atomic E-state index is 12.9. The molecule has 0 radical (unpaired) electrons. The van der Waals surface area contributed by atoms with E-state index in [0.29, 0.717) is 11.4 Å². The van der Waals surface area contributed by atoms with Crippen molar-refractivity contribution >= 4 is 27.3 Å². The first-order valence-electron chi connectivity index (χ1n) is 8.02. The van der Waals surface area contributed by atoms with Crippen LogP contribution < -0.4 is 9.21 Å². The Morgan fingerprint density at radius 2 is 1.64 bits per heavy atom. The van der Waals surface area contributed by atoms with Crippen molar-refractivity contribution < 1.29 is 13.2 Å². The van der Waals surface area contributed by atoms with E-state index in [1.54, 1.807) is 20.0 Å². The van der Waals surface area contributed by atoms with Crippen LogP contribution >= 0.6 is 0 Å². The summed E-state index contributed by atoms with van der Waals surface area (Å²) < 4.78 is 26.1. The highest BCUT2D eigenvalue weighted by Gasteiger charge is 2.32. The van der Waals surface area contributed by atoms with Crippen LogP contribution in [0.15, 0.2) is 48.5 Å². The minimum absolute atomic E-state index is 0.294. The van der Waals surface area contributed by atoms with E-state index in [4.69, 9.17) is 0 Å². The number of benzene rings is 2. The molecule has 0 saturated carbocycles. The SMILES string of the molecule is Cc1ccc(C)c(N([C@@H](C)C(=O)N(C)c2ccccc2)S(C)(=O)=O)c1. The molecule has 6 heteroatoms. The summed E-state index contributed by atoms with van der Waals surface area (Å²) in [5.41, 5.74) is 2.99. The fraction of sp³-hybridized carbons (Fsp3) is 0.316. The minimum atomic E-state index is -3.63. The Kier molecular flexibility index (Phi) is 5.52. The van der Waals surface area contributed by atoms with Crippen LogP contribution in [0.2, 0.25) is 0 Å². The lowest BCUT2D eigenvalue weighted by atomic mass is 10.1. The van der Waals surface area contributed by atoms with Crippen molar-refractivity contribution in [3.63, 3.8) is 0 Å². The maximum Gasteiger partial charge on any atom is 0.250 e. The molecule has 0 aliphatic carbocycles. The smallest absolute Gasteiger partial charge is 0.250 e. The second-order valence-corrected chi connectivity index (χ2v) is 8.12. The van der Waals surface area contributed by atoms with Crippen molar-refractivity contribution in [1.29, 1.82) is 0 Å². The molecule has 1 amide bonds. The highest BCUT2D eigenvalue weighted by molar-refractivity contribution is 7.92. The summed E-state index contributed by atoms with van der Waals surface area (Å²) in [5.74, 6) is -0.294. The van der Waals surface area contributed by atoms with Crippen LogP contribution in [0.3, 0.4) is 0 Å². The Morgan fingerprint density at radius 1 is 1.04 bits per heavy atom. The van der Waals surface area contributed by atoms with Gasteiger partial charge < -0.3 is 4.90 Å². The van der Waals surface area contributed by atoms with E-state index in [1.807, 2.05) is 56.3 Å². The number of carbonyl (C=O) groups is 1. The number of nitrogens with zero attached hydrogens (tertiary/aromatic N) is 2. The van der Waals surface area contributed by atoms with Crippen molar-refractivity contribution in [3.05, 3.63) is 59.7 Å². The van der Waals surface area contributed by atoms with Gasteiger partial charge in [0.05, 0.1) is 11.9 Å². The third kappa shape index (κ3) is 4.20. The molecule has 0 N–H and O–H groups in total. The van der Waals surface area contributed by atoms with Gasteiger partial charge in [-0.3, -0.25) is 9.10 Å². The molecule has 0 aromatic heterocycles. The molecular weight excluding hydrogens is 336 g/mol. The number of amides is 1. The lowest BCUT2D eigenvalue weighted by molar-refractivity contribution is -0.119. The van der Waals surface area contributed by atoms with E-state index in [0.717, 1.165) is 17.4 Å². The van der Waals surface area contributed by atoms with E-state index in [2.05, 4.69) is 0 Å². The van der Waals surface area contributed by atoms with E-state index in [9.17, 15) is 13.2 Å². The number of rotatable bonds is 5. The lowest BCUT2D eigenvalue weighted by Crippen LogP contribution is -2.48. The van der Waals surface area contributed by atoms with E-state index < -0.39 is 16.1 Å². The lowest BCUT2D eigenvalue weighted by Gasteiger charge is -2.32. The summed E-state index contributed by atoms with van der Waals surface area (Å²) in [7, 11) is -1.98. The second-order valence-electron chi connectivity index (χ2n) is 6.26. The van der Waals surface area contributed by atoms with Crippen molar-refractivity contribution in [2.45, 2.75) is 26.8 Å². The first kappa shape index (κ1) is 19.0. The Bertz CT molecular complexity index is 863. The summed E-state index contributed by atoms with van der Waals surface area (Å²) in [6, 6.07) is 13.9. The van der Waals surface area contributed by atoms with Crippen LogP contribution in [0, 0.1) is 13.8 Å². The number of carbonyl (C=O) groups excluding carboxylic acids is 1. The van der Waals surface area contributed by atoms with Gasteiger partial charge in [-0.25, -0.2) is 8.42 Å². The molecule has 0 saturated heterocycles. The molecule has 5 nitrogen and oxygen atoms in total. The molecule has 0 heterocycles. The number of aryl methyl sites for hydroxylation is 2. The summed E-state index contributed by atoms with van der Waals surface area (Å²) in [4.78, 5) is 14.4. The molecule has 0 unspecified atom stereocenters. The molecule has 0 fully saturated rings. The van der Waals surface area contributed by atoms with Gasteiger partial charge in [0.1, 0.15) is 6.04 Å². The topological polar surface area (TPSA) is 57.7 Å². The summed E-state index contributed by atoms with van der Waals surface area (Å²) in [6.07, 6.45) is 1.13. The van der Waals surface area contributed by atoms with Gasteiger partial charge in [0.25, 0.3) is 0 Å². The predicted molar refractivity (Wildman–Crippen MR) is 103 cm³/mol. The first-order valence-corrected chi connectivity index (χ1v) is 9.87. The van der Waals surface area contributed by atoms with Crippen molar-refractivity contribution in [1.82, 2.24) is 0 Å². The van der Waals surface area contributed by atoms with Gasteiger partial charge in [-0.1, -0.05) is 30.3 Å². The quantitative estimate of drug-likeness (QED) is 0.823. The average molecular weight is 360 g/mol. The zero-order valence-corrected chi connectivity index (χ0v) is 16.0. The van der Waals surface area contributed by atoms with Gasteiger partial charge in [-0.2, -0.15) is 0 Å². The Hall–Kier alpha value is -2.34. The molecule has 0 bridgehead atoms. The molecule has 0 spiro atoms. The number of likely N-dealkylation sites (N-methyl/N-ethyl adjacent to an activating group) is 1. The molecular formula is C19H24N2O3S. The van der Waals surface area contributed by atoms with E-state index in [1.165, 1.54) is 9.21 Å². The Morgan fingerprint density at radius 3 is 2.20 bits per heavy atom. The number of para-hydroxylation sites is 1. The largest absolute Gasteiger partial charge is 0.314 e. The molecule has 134 valence electrons. The highest BCUT2D eigenvalue weighted by atomic mass is 32.2. The van der Waals surface area contributed by atoms with Gasteiger partial charge in [0, 0.05) is 12.7 Å². The fourth-order valence-electron chi connectivity index (χ4n) is 2.79. The molecule has 25 heavy (non-hydrogen) atoms. The van der Waals surface area contributed by atoms with Crippen LogP contribution in [-0.4, -0.2) is 33.7 Å². The van der Waals surface area contributed by atoms with Crippen LogP contribution in [0.25, 0.3) is 0 Å². The maximum atomic E-state index is 12.9. The fourth-order valence-corrected chi connectivity index (χ4v) is 4.01. The standard InChI is InChI=1S/C19H24N2O3S/c1-14-11-12-15(2)18(13-14)21(25(5,23)24)16(3)19(22)20(4)17-9-7-6-8-10-17/h6-13,16H,1-5H3/t16-/m0/s1. The second kappa shape index (κ2) is 7.27. The first-order chi connectivity index (χ1) is 11.6. The van der Waals surface area contributed by atoms with Gasteiger partial charge in [0.2, 0.25) is 15.9 Å². The molecule has 0 aliphatic heterocycles. The number of hydrogen-bond donors (Lipinski definition) is 0. The average Bonchev–Trinajstić information content (AvgIpc) is 2.56. The minimum Gasteiger partial charge on any atom is -0.314 e. The number of hydrogen-bond acceptors (Lipinski definition) is 3. The van der Waals surface area contributed by atoms with Crippen LogP contribution in [0.4, 0.5) is 11.4 Å². The zero-order valence-electron chi connectivity index (χ0n) is 15.2. The molecule has 0 aliphatic rings. The van der Waals surface area contributed by atoms with E-state index in [-0.39, 0.29) is 5.91 Å². The normalized spacial score (nSPS) is 12.5. The monoisotopic (exact) mass is 360 g/mol. The molecule has 1 atom stereocenters. The van der Waals surface area contributed by atoms with Crippen molar-refractivity contribution in [2.24, 2.45) is 0 Å². The van der Waals surface area contributed by atoms with Crippen LogP contribution in [0.1, 0.15) is 18.1 Å². The van der Waals surface area contributed by atoms with Gasteiger partial charge >= 0.3 is 0 Å².